The fraction of sp³-hybridized carbons (Fsp3) is 0.357. The summed E-state index contributed by atoms with van der Waals surface area (Å²) in [6.45, 7) is 4.41. The van der Waals surface area contributed by atoms with Crippen molar-refractivity contribution in [2.45, 2.75) is 19.0 Å². The SMILES string of the molecule is C=CCC(N)C(=O)Nc1cccc(CN(C)C)c1. The molecule has 1 unspecified atom stereocenters. The van der Waals surface area contributed by atoms with Gasteiger partial charge in [0, 0.05) is 12.2 Å². The smallest absolute Gasteiger partial charge is 0.241 e. The predicted molar refractivity (Wildman–Crippen MR) is 75.3 cm³/mol. The summed E-state index contributed by atoms with van der Waals surface area (Å²) in [6.07, 6.45) is 2.12. The van der Waals surface area contributed by atoms with E-state index in [1.165, 1.54) is 0 Å². The lowest BCUT2D eigenvalue weighted by atomic mass is 10.1. The maximum atomic E-state index is 11.7. The number of rotatable bonds is 6. The summed E-state index contributed by atoms with van der Waals surface area (Å²) in [5.74, 6) is -0.183. The first-order valence-corrected chi connectivity index (χ1v) is 5.94. The Bertz CT molecular complexity index is 415. The van der Waals surface area contributed by atoms with Gasteiger partial charge in [0.15, 0.2) is 0 Å². The molecule has 98 valence electrons. The van der Waals surface area contributed by atoms with Crippen LogP contribution < -0.4 is 11.1 Å². The lowest BCUT2D eigenvalue weighted by molar-refractivity contribution is -0.117. The predicted octanol–water partition coefficient (Wildman–Crippen LogP) is 1.59. The van der Waals surface area contributed by atoms with E-state index < -0.39 is 6.04 Å². The van der Waals surface area contributed by atoms with Crippen LogP contribution >= 0.6 is 0 Å². The van der Waals surface area contributed by atoms with Gasteiger partial charge in [-0.05, 0) is 38.2 Å². The molecule has 0 fully saturated rings. The van der Waals surface area contributed by atoms with E-state index in [-0.39, 0.29) is 5.91 Å². The summed E-state index contributed by atoms with van der Waals surface area (Å²) in [5.41, 5.74) is 7.63. The number of carbonyl (C=O) groups is 1. The maximum absolute atomic E-state index is 11.7. The zero-order chi connectivity index (χ0) is 13.5. The van der Waals surface area contributed by atoms with Crippen molar-refractivity contribution >= 4 is 11.6 Å². The Morgan fingerprint density at radius 1 is 1.56 bits per heavy atom. The average molecular weight is 247 g/mol. The van der Waals surface area contributed by atoms with Gasteiger partial charge < -0.3 is 16.0 Å². The van der Waals surface area contributed by atoms with Gasteiger partial charge in [-0.15, -0.1) is 6.58 Å². The quantitative estimate of drug-likeness (QED) is 0.751. The third kappa shape index (κ3) is 4.69. The maximum Gasteiger partial charge on any atom is 0.241 e. The van der Waals surface area contributed by atoms with Gasteiger partial charge in [0.1, 0.15) is 0 Å². The Kier molecular flexibility index (Phi) is 5.55. The van der Waals surface area contributed by atoms with E-state index >= 15 is 0 Å². The van der Waals surface area contributed by atoms with Crippen molar-refractivity contribution in [3.63, 3.8) is 0 Å². The summed E-state index contributed by atoms with van der Waals surface area (Å²) < 4.78 is 0. The van der Waals surface area contributed by atoms with Crippen molar-refractivity contribution in [2.75, 3.05) is 19.4 Å². The van der Waals surface area contributed by atoms with E-state index in [4.69, 9.17) is 5.73 Å². The zero-order valence-corrected chi connectivity index (χ0v) is 11.0. The van der Waals surface area contributed by atoms with Gasteiger partial charge in [0.2, 0.25) is 5.91 Å². The molecule has 0 aliphatic carbocycles. The first-order valence-electron chi connectivity index (χ1n) is 5.94. The van der Waals surface area contributed by atoms with Gasteiger partial charge in [-0.25, -0.2) is 0 Å². The molecule has 0 bridgehead atoms. The Morgan fingerprint density at radius 2 is 2.28 bits per heavy atom. The minimum absolute atomic E-state index is 0.183. The Morgan fingerprint density at radius 3 is 2.89 bits per heavy atom. The number of hydrogen-bond donors (Lipinski definition) is 2. The molecule has 0 aliphatic heterocycles. The summed E-state index contributed by atoms with van der Waals surface area (Å²) in [6, 6.07) is 7.23. The summed E-state index contributed by atoms with van der Waals surface area (Å²) in [5, 5.41) is 2.81. The van der Waals surface area contributed by atoms with Crippen LogP contribution in [0.1, 0.15) is 12.0 Å². The van der Waals surface area contributed by atoms with Crippen LogP contribution in [0.5, 0.6) is 0 Å². The molecule has 1 rings (SSSR count). The fourth-order valence-electron chi connectivity index (χ4n) is 1.63. The normalized spacial score (nSPS) is 12.2. The Hall–Kier alpha value is -1.65. The molecule has 18 heavy (non-hydrogen) atoms. The second-order valence-electron chi connectivity index (χ2n) is 4.56. The van der Waals surface area contributed by atoms with Crippen LogP contribution in [-0.2, 0) is 11.3 Å². The first kappa shape index (κ1) is 14.4. The van der Waals surface area contributed by atoms with E-state index in [1.54, 1.807) is 6.08 Å². The van der Waals surface area contributed by atoms with E-state index in [9.17, 15) is 4.79 Å². The van der Waals surface area contributed by atoms with Crippen molar-refractivity contribution in [1.29, 1.82) is 0 Å². The molecule has 0 spiro atoms. The molecule has 0 saturated carbocycles. The molecule has 1 amide bonds. The molecule has 4 nitrogen and oxygen atoms in total. The minimum Gasteiger partial charge on any atom is -0.325 e. The highest BCUT2D eigenvalue weighted by molar-refractivity contribution is 5.94. The third-order valence-electron chi connectivity index (χ3n) is 2.45. The number of amides is 1. The molecule has 1 atom stereocenters. The highest BCUT2D eigenvalue weighted by Crippen LogP contribution is 2.12. The van der Waals surface area contributed by atoms with Crippen LogP contribution in [-0.4, -0.2) is 30.9 Å². The second-order valence-corrected chi connectivity index (χ2v) is 4.56. The molecule has 0 aliphatic rings. The molecule has 0 heterocycles. The van der Waals surface area contributed by atoms with Crippen molar-refractivity contribution in [3.05, 3.63) is 42.5 Å². The first-order chi connectivity index (χ1) is 8.52. The number of nitrogens with one attached hydrogen (secondary N) is 1. The standard InChI is InChI=1S/C14H21N3O/c1-4-6-13(15)14(18)16-12-8-5-7-11(9-12)10-17(2)3/h4-5,7-9,13H,1,6,10,15H2,2-3H3,(H,16,18). The average Bonchev–Trinajstić information content (AvgIpc) is 2.28. The van der Waals surface area contributed by atoms with E-state index in [0.717, 1.165) is 17.8 Å². The Labute approximate surface area is 108 Å². The molecule has 4 heteroatoms. The lowest BCUT2D eigenvalue weighted by Gasteiger charge is -2.13. The van der Waals surface area contributed by atoms with Crippen molar-refractivity contribution in [1.82, 2.24) is 4.90 Å². The zero-order valence-electron chi connectivity index (χ0n) is 11.0. The van der Waals surface area contributed by atoms with E-state index in [1.807, 2.05) is 38.4 Å². The molecule has 1 aromatic carbocycles. The highest BCUT2D eigenvalue weighted by atomic mass is 16.2. The molecule has 0 aromatic heterocycles. The van der Waals surface area contributed by atoms with Crippen molar-refractivity contribution in [3.8, 4) is 0 Å². The van der Waals surface area contributed by atoms with E-state index in [2.05, 4.69) is 16.8 Å². The van der Waals surface area contributed by atoms with Crippen LogP contribution in [0.25, 0.3) is 0 Å². The van der Waals surface area contributed by atoms with Crippen molar-refractivity contribution in [2.24, 2.45) is 5.73 Å². The van der Waals surface area contributed by atoms with Gasteiger partial charge in [-0.2, -0.15) is 0 Å². The largest absolute Gasteiger partial charge is 0.325 e. The van der Waals surface area contributed by atoms with Gasteiger partial charge in [-0.3, -0.25) is 4.79 Å². The summed E-state index contributed by atoms with van der Waals surface area (Å²) in [7, 11) is 4.01. The van der Waals surface area contributed by atoms with Crippen LogP contribution in [0.4, 0.5) is 5.69 Å². The van der Waals surface area contributed by atoms with Crippen LogP contribution in [0.3, 0.4) is 0 Å². The molecule has 3 N–H and O–H groups in total. The number of anilines is 1. The number of benzene rings is 1. The second kappa shape index (κ2) is 6.93. The fourth-order valence-corrected chi connectivity index (χ4v) is 1.63. The van der Waals surface area contributed by atoms with Crippen molar-refractivity contribution < 1.29 is 4.79 Å². The van der Waals surface area contributed by atoms with Gasteiger partial charge in [0.05, 0.1) is 6.04 Å². The number of nitrogens with two attached hydrogens (primary N) is 1. The number of nitrogens with zero attached hydrogens (tertiary/aromatic N) is 1. The van der Waals surface area contributed by atoms with E-state index in [0.29, 0.717) is 6.42 Å². The van der Waals surface area contributed by atoms with Crippen LogP contribution in [0, 0.1) is 0 Å². The molecular formula is C14H21N3O. The van der Waals surface area contributed by atoms with Gasteiger partial charge in [-0.1, -0.05) is 18.2 Å². The monoisotopic (exact) mass is 247 g/mol. The number of carbonyl (C=O) groups excluding carboxylic acids is 1. The lowest BCUT2D eigenvalue weighted by Crippen LogP contribution is -2.35. The van der Waals surface area contributed by atoms with Gasteiger partial charge >= 0.3 is 0 Å². The molecule has 0 saturated heterocycles. The summed E-state index contributed by atoms with van der Waals surface area (Å²) in [4.78, 5) is 13.8. The highest BCUT2D eigenvalue weighted by Gasteiger charge is 2.11. The topological polar surface area (TPSA) is 58.4 Å². The molecular weight excluding hydrogens is 226 g/mol. The third-order valence-corrected chi connectivity index (χ3v) is 2.45. The molecule has 1 aromatic rings. The minimum atomic E-state index is -0.542. The summed E-state index contributed by atoms with van der Waals surface area (Å²) >= 11 is 0. The number of hydrogen-bond acceptors (Lipinski definition) is 3. The molecule has 0 radical (unpaired) electrons. The Balaban J connectivity index is 2.67. The van der Waals surface area contributed by atoms with Crippen LogP contribution in [0.2, 0.25) is 0 Å². The van der Waals surface area contributed by atoms with Gasteiger partial charge in [0.25, 0.3) is 0 Å². The van der Waals surface area contributed by atoms with Crippen LogP contribution in [0.15, 0.2) is 36.9 Å².